The number of nitrogens with one attached hydrogen (secondary N) is 1. The Morgan fingerprint density at radius 2 is 2.14 bits per heavy atom. The molecule has 21 heavy (non-hydrogen) atoms. The van der Waals surface area contributed by atoms with Gasteiger partial charge in [-0.2, -0.15) is 4.98 Å². The van der Waals surface area contributed by atoms with Crippen molar-refractivity contribution in [2.45, 2.75) is 44.9 Å². The van der Waals surface area contributed by atoms with Crippen molar-refractivity contribution in [1.29, 1.82) is 0 Å². The van der Waals surface area contributed by atoms with Gasteiger partial charge in [0, 0.05) is 18.0 Å². The Morgan fingerprint density at radius 1 is 1.33 bits per heavy atom. The molecule has 0 aromatic carbocycles. The molecule has 1 aliphatic heterocycles. The smallest absolute Gasteiger partial charge is 0.233 e. The average Bonchev–Trinajstić information content (AvgIpc) is 2.99. The van der Waals surface area contributed by atoms with Crippen LogP contribution in [0.1, 0.15) is 44.1 Å². The highest BCUT2D eigenvalue weighted by Crippen LogP contribution is 2.37. The standard InChI is InChI=1S/C16H22N4O/c1-3-5-16(6-9-17-10-7-16)15-19-14(20-21-15)13-4-8-18-11-12(13)2/h4,8,11,17H,3,5-7,9-10H2,1-2H3. The van der Waals surface area contributed by atoms with Crippen molar-refractivity contribution in [3.8, 4) is 11.4 Å². The van der Waals surface area contributed by atoms with Gasteiger partial charge in [-0.1, -0.05) is 18.5 Å². The molecular formula is C16H22N4O. The second-order valence-corrected chi connectivity index (χ2v) is 5.89. The Bertz CT molecular complexity index is 596. The minimum absolute atomic E-state index is 0.0478. The predicted molar refractivity (Wildman–Crippen MR) is 81.0 cm³/mol. The second kappa shape index (κ2) is 5.93. The minimum Gasteiger partial charge on any atom is -0.338 e. The molecule has 5 heteroatoms. The van der Waals surface area contributed by atoms with Crippen LogP contribution in [0.3, 0.4) is 0 Å². The molecule has 0 amide bonds. The Balaban J connectivity index is 1.94. The van der Waals surface area contributed by atoms with Crippen LogP contribution in [0.4, 0.5) is 0 Å². The summed E-state index contributed by atoms with van der Waals surface area (Å²) >= 11 is 0. The van der Waals surface area contributed by atoms with Crippen molar-refractivity contribution < 1.29 is 4.52 Å². The summed E-state index contributed by atoms with van der Waals surface area (Å²) in [5.74, 6) is 1.48. The number of hydrogen-bond donors (Lipinski definition) is 1. The van der Waals surface area contributed by atoms with Gasteiger partial charge >= 0.3 is 0 Å². The lowest BCUT2D eigenvalue weighted by Gasteiger charge is -2.34. The number of hydrogen-bond acceptors (Lipinski definition) is 5. The number of aryl methyl sites for hydroxylation is 1. The third kappa shape index (κ3) is 2.70. The fraction of sp³-hybridized carbons (Fsp3) is 0.562. The summed E-state index contributed by atoms with van der Waals surface area (Å²) in [6.07, 6.45) is 7.97. The first kappa shape index (κ1) is 14.2. The fourth-order valence-electron chi connectivity index (χ4n) is 3.23. The molecule has 1 fully saturated rings. The van der Waals surface area contributed by atoms with E-state index in [0.717, 1.165) is 55.8 Å². The number of nitrogens with zero attached hydrogens (tertiary/aromatic N) is 3. The molecule has 0 atom stereocenters. The minimum atomic E-state index is 0.0478. The van der Waals surface area contributed by atoms with Crippen LogP contribution in [0.15, 0.2) is 23.0 Å². The summed E-state index contributed by atoms with van der Waals surface area (Å²) in [6, 6.07) is 1.94. The predicted octanol–water partition coefficient (Wildman–Crippen LogP) is 2.86. The molecule has 1 saturated heterocycles. The lowest BCUT2D eigenvalue weighted by Crippen LogP contribution is -2.40. The van der Waals surface area contributed by atoms with Gasteiger partial charge in [0.05, 0.1) is 5.41 Å². The van der Waals surface area contributed by atoms with E-state index in [9.17, 15) is 0 Å². The maximum atomic E-state index is 5.66. The Morgan fingerprint density at radius 3 is 2.86 bits per heavy atom. The second-order valence-electron chi connectivity index (χ2n) is 5.89. The molecule has 1 aliphatic rings. The van der Waals surface area contributed by atoms with Gasteiger partial charge in [0.2, 0.25) is 11.7 Å². The maximum absolute atomic E-state index is 5.66. The van der Waals surface area contributed by atoms with Gasteiger partial charge in [0.15, 0.2) is 0 Å². The van der Waals surface area contributed by atoms with Gasteiger partial charge in [0.25, 0.3) is 0 Å². The van der Waals surface area contributed by atoms with E-state index in [2.05, 4.69) is 22.4 Å². The van der Waals surface area contributed by atoms with E-state index >= 15 is 0 Å². The topological polar surface area (TPSA) is 63.8 Å². The highest BCUT2D eigenvalue weighted by molar-refractivity contribution is 5.58. The number of pyridine rings is 1. The molecular weight excluding hydrogens is 264 g/mol. The fourth-order valence-corrected chi connectivity index (χ4v) is 3.23. The molecule has 112 valence electrons. The number of rotatable bonds is 4. The molecule has 0 saturated carbocycles. The van der Waals surface area contributed by atoms with E-state index in [1.165, 1.54) is 0 Å². The molecule has 0 aliphatic carbocycles. The summed E-state index contributed by atoms with van der Waals surface area (Å²) in [7, 11) is 0. The van der Waals surface area contributed by atoms with Gasteiger partial charge in [-0.05, 0) is 50.9 Å². The summed E-state index contributed by atoms with van der Waals surface area (Å²) in [5, 5.41) is 7.63. The van der Waals surface area contributed by atoms with Crippen molar-refractivity contribution in [1.82, 2.24) is 20.4 Å². The van der Waals surface area contributed by atoms with Crippen LogP contribution in [0.5, 0.6) is 0 Å². The molecule has 0 bridgehead atoms. The monoisotopic (exact) mass is 286 g/mol. The molecule has 2 aromatic heterocycles. The highest BCUT2D eigenvalue weighted by Gasteiger charge is 2.38. The lowest BCUT2D eigenvalue weighted by atomic mass is 9.75. The van der Waals surface area contributed by atoms with Crippen LogP contribution in [0.2, 0.25) is 0 Å². The van der Waals surface area contributed by atoms with Crippen LogP contribution in [0.25, 0.3) is 11.4 Å². The van der Waals surface area contributed by atoms with Crippen LogP contribution < -0.4 is 5.32 Å². The first-order valence-corrected chi connectivity index (χ1v) is 7.71. The van der Waals surface area contributed by atoms with Crippen LogP contribution in [-0.4, -0.2) is 28.2 Å². The van der Waals surface area contributed by atoms with Crippen LogP contribution >= 0.6 is 0 Å². The molecule has 3 rings (SSSR count). The molecule has 5 nitrogen and oxygen atoms in total. The van der Waals surface area contributed by atoms with E-state index < -0.39 is 0 Å². The number of aromatic nitrogens is 3. The first-order valence-electron chi connectivity index (χ1n) is 7.71. The average molecular weight is 286 g/mol. The first-order chi connectivity index (χ1) is 10.2. The van der Waals surface area contributed by atoms with Gasteiger partial charge < -0.3 is 9.84 Å². The van der Waals surface area contributed by atoms with E-state index in [1.807, 2.05) is 19.2 Å². The number of piperidine rings is 1. The van der Waals surface area contributed by atoms with E-state index in [1.54, 1.807) is 6.20 Å². The normalized spacial score (nSPS) is 17.8. The largest absolute Gasteiger partial charge is 0.338 e. The van der Waals surface area contributed by atoms with Crippen molar-refractivity contribution in [3.05, 3.63) is 29.9 Å². The molecule has 0 radical (unpaired) electrons. The van der Waals surface area contributed by atoms with Crippen LogP contribution in [-0.2, 0) is 5.41 Å². The maximum Gasteiger partial charge on any atom is 0.233 e. The zero-order valence-electron chi connectivity index (χ0n) is 12.7. The molecule has 3 heterocycles. The molecule has 2 aromatic rings. The zero-order chi connectivity index (χ0) is 14.7. The third-order valence-corrected chi connectivity index (χ3v) is 4.43. The van der Waals surface area contributed by atoms with E-state index in [0.29, 0.717) is 5.82 Å². The highest BCUT2D eigenvalue weighted by atomic mass is 16.5. The Kier molecular flexibility index (Phi) is 4.01. The van der Waals surface area contributed by atoms with Crippen LogP contribution in [0, 0.1) is 6.92 Å². The van der Waals surface area contributed by atoms with Crippen molar-refractivity contribution >= 4 is 0 Å². The lowest BCUT2D eigenvalue weighted by molar-refractivity contribution is 0.208. The van der Waals surface area contributed by atoms with Gasteiger partial charge in [-0.3, -0.25) is 4.98 Å². The van der Waals surface area contributed by atoms with Crippen molar-refractivity contribution in [3.63, 3.8) is 0 Å². The van der Waals surface area contributed by atoms with E-state index in [-0.39, 0.29) is 5.41 Å². The SMILES string of the molecule is CCCC1(c2nc(-c3ccncc3C)no2)CCNCC1. The van der Waals surface area contributed by atoms with E-state index in [4.69, 9.17) is 9.51 Å². The van der Waals surface area contributed by atoms with Crippen molar-refractivity contribution in [2.75, 3.05) is 13.1 Å². The molecule has 0 spiro atoms. The molecule has 0 unspecified atom stereocenters. The van der Waals surface area contributed by atoms with Gasteiger partial charge in [-0.15, -0.1) is 0 Å². The van der Waals surface area contributed by atoms with Crippen molar-refractivity contribution in [2.24, 2.45) is 0 Å². The summed E-state index contributed by atoms with van der Waals surface area (Å²) < 4.78 is 5.66. The Hall–Kier alpha value is -1.75. The Labute approximate surface area is 125 Å². The quantitative estimate of drug-likeness (QED) is 0.936. The van der Waals surface area contributed by atoms with Gasteiger partial charge in [0.1, 0.15) is 0 Å². The zero-order valence-corrected chi connectivity index (χ0v) is 12.7. The summed E-state index contributed by atoms with van der Waals surface area (Å²) in [6.45, 7) is 6.27. The third-order valence-electron chi connectivity index (χ3n) is 4.43. The summed E-state index contributed by atoms with van der Waals surface area (Å²) in [5.41, 5.74) is 2.12. The summed E-state index contributed by atoms with van der Waals surface area (Å²) in [4.78, 5) is 8.84. The van der Waals surface area contributed by atoms with Gasteiger partial charge in [-0.25, -0.2) is 0 Å². The molecule has 1 N–H and O–H groups in total.